The second kappa shape index (κ2) is 7.31. The van der Waals surface area contributed by atoms with Crippen LogP contribution in [0.5, 0.6) is 0 Å². The molecule has 0 aliphatic carbocycles. The molecule has 25 heavy (non-hydrogen) atoms. The van der Waals surface area contributed by atoms with Gasteiger partial charge in [-0.2, -0.15) is 0 Å². The van der Waals surface area contributed by atoms with E-state index < -0.39 is 11.7 Å². The molecular weight excluding hydrogens is 315 g/mol. The van der Waals surface area contributed by atoms with E-state index >= 15 is 0 Å². The van der Waals surface area contributed by atoms with E-state index in [4.69, 9.17) is 0 Å². The Morgan fingerprint density at radius 1 is 0.760 bits per heavy atom. The number of halogens is 1. The van der Waals surface area contributed by atoms with Gasteiger partial charge in [-0.05, 0) is 17.7 Å². The summed E-state index contributed by atoms with van der Waals surface area (Å²) in [5, 5.41) is 21.5. The van der Waals surface area contributed by atoms with Crippen LogP contribution in [0.4, 0.5) is 4.39 Å². The Morgan fingerprint density at radius 2 is 1.24 bits per heavy atom. The molecule has 3 aromatic carbocycles. The first-order chi connectivity index (χ1) is 12.1. The van der Waals surface area contributed by atoms with Gasteiger partial charge in [-0.1, -0.05) is 84.6 Å². The maximum absolute atomic E-state index is 13.0. The minimum absolute atomic E-state index is 0.381. The average molecular weight is 332 g/mol. The van der Waals surface area contributed by atoms with E-state index in [2.05, 4.69) is 11.8 Å². The highest BCUT2D eigenvalue weighted by atomic mass is 19.1. The molecule has 0 aromatic heterocycles. The van der Waals surface area contributed by atoms with Crippen LogP contribution in [0, 0.1) is 17.7 Å². The highest BCUT2D eigenvalue weighted by molar-refractivity contribution is 5.45. The third-order valence-electron chi connectivity index (χ3n) is 3.96. The zero-order valence-corrected chi connectivity index (χ0v) is 13.4. The fraction of sp³-hybridized carbons (Fsp3) is 0.0909. The van der Waals surface area contributed by atoms with Crippen molar-refractivity contribution < 1.29 is 14.6 Å². The van der Waals surface area contributed by atoms with Gasteiger partial charge in [0.15, 0.2) is 5.60 Å². The van der Waals surface area contributed by atoms with Crippen LogP contribution < -0.4 is 0 Å². The van der Waals surface area contributed by atoms with Crippen molar-refractivity contribution in [1.29, 1.82) is 0 Å². The smallest absolute Gasteiger partial charge is 0.176 e. The molecule has 0 fully saturated rings. The SMILES string of the molecule is O[C@H](C#CC(O)(c1ccccc1)c1ccccc1)c1ccc(F)cc1. The summed E-state index contributed by atoms with van der Waals surface area (Å²) >= 11 is 0. The molecule has 3 rings (SSSR count). The second-order valence-electron chi connectivity index (χ2n) is 5.67. The molecule has 0 saturated heterocycles. The summed E-state index contributed by atoms with van der Waals surface area (Å²) in [6.07, 6.45) is -1.13. The largest absolute Gasteiger partial charge is 0.376 e. The van der Waals surface area contributed by atoms with Crippen molar-refractivity contribution in [2.24, 2.45) is 0 Å². The lowest BCUT2D eigenvalue weighted by Crippen LogP contribution is -2.25. The molecule has 0 bridgehead atoms. The topological polar surface area (TPSA) is 40.5 Å². The van der Waals surface area contributed by atoms with Crippen LogP contribution in [0.3, 0.4) is 0 Å². The third kappa shape index (κ3) is 3.77. The van der Waals surface area contributed by atoms with Gasteiger partial charge in [0, 0.05) is 11.1 Å². The van der Waals surface area contributed by atoms with E-state index in [-0.39, 0.29) is 5.82 Å². The number of aliphatic hydroxyl groups excluding tert-OH is 1. The van der Waals surface area contributed by atoms with Crippen LogP contribution in [0.25, 0.3) is 0 Å². The minimum atomic E-state index is -1.55. The molecule has 0 amide bonds. The Bertz CT molecular complexity index is 839. The van der Waals surface area contributed by atoms with Gasteiger partial charge in [-0.15, -0.1) is 0 Å². The maximum atomic E-state index is 13.0. The van der Waals surface area contributed by atoms with E-state index in [0.29, 0.717) is 16.7 Å². The van der Waals surface area contributed by atoms with Crippen LogP contribution in [-0.4, -0.2) is 10.2 Å². The molecule has 1 atom stereocenters. The summed E-state index contributed by atoms with van der Waals surface area (Å²) < 4.78 is 13.0. The highest BCUT2D eigenvalue weighted by Crippen LogP contribution is 2.29. The van der Waals surface area contributed by atoms with E-state index in [0.717, 1.165) is 0 Å². The first-order valence-electron chi connectivity index (χ1n) is 7.89. The van der Waals surface area contributed by atoms with E-state index in [1.165, 1.54) is 24.3 Å². The van der Waals surface area contributed by atoms with Gasteiger partial charge in [0.1, 0.15) is 11.9 Å². The van der Waals surface area contributed by atoms with Gasteiger partial charge in [-0.3, -0.25) is 0 Å². The van der Waals surface area contributed by atoms with Gasteiger partial charge in [0.2, 0.25) is 0 Å². The monoisotopic (exact) mass is 332 g/mol. The summed E-state index contributed by atoms with van der Waals surface area (Å²) in [4.78, 5) is 0. The van der Waals surface area contributed by atoms with Crippen LogP contribution in [0.2, 0.25) is 0 Å². The Hall–Kier alpha value is -2.93. The predicted molar refractivity (Wildman–Crippen MR) is 95.0 cm³/mol. The Kier molecular flexibility index (Phi) is 4.95. The van der Waals surface area contributed by atoms with Crippen LogP contribution in [0.15, 0.2) is 84.9 Å². The molecule has 2 nitrogen and oxygen atoms in total. The number of benzene rings is 3. The Morgan fingerprint density at radius 3 is 1.72 bits per heavy atom. The molecule has 0 radical (unpaired) electrons. The Balaban J connectivity index is 2.01. The fourth-order valence-corrected chi connectivity index (χ4v) is 2.57. The molecule has 3 heteroatoms. The van der Waals surface area contributed by atoms with Gasteiger partial charge >= 0.3 is 0 Å². The molecule has 0 heterocycles. The summed E-state index contributed by atoms with van der Waals surface area (Å²) in [5.41, 5.74) is 0.140. The van der Waals surface area contributed by atoms with E-state index in [1.54, 1.807) is 24.3 Å². The zero-order valence-electron chi connectivity index (χ0n) is 13.4. The van der Waals surface area contributed by atoms with Crippen LogP contribution in [-0.2, 0) is 5.60 Å². The normalized spacial score (nSPS) is 12.1. The third-order valence-corrected chi connectivity index (χ3v) is 3.96. The quantitative estimate of drug-likeness (QED) is 0.716. The van der Waals surface area contributed by atoms with Crippen molar-refractivity contribution in [3.05, 3.63) is 107 Å². The molecule has 0 saturated carbocycles. The van der Waals surface area contributed by atoms with Gasteiger partial charge < -0.3 is 10.2 Å². The van der Waals surface area contributed by atoms with Crippen molar-refractivity contribution >= 4 is 0 Å². The van der Waals surface area contributed by atoms with E-state index in [1.807, 2.05) is 36.4 Å². The number of hydrogen-bond acceptors (Lipinski definition) is 2. The molecule has 0 aliphatic rings. The number of rotatable bonds is 3. The molecule has 3 aromatic rings. The predicted octanol–water partition coefficient (Wildman–Crippen LogP) is 3.80. The van der Waals surface area contributed by atoms with Crippen LogP contribution in [0.1, 0.15) is 22.8 Å². The van der Waals surface area contributed by atoms with Crippen molar-refractivity contribution in [1.82, 2.24) is 0 Å². The maximum Gasteiger partial charge on any atom is 0.176 e. The summed E-state index contributed by atoms with van der Waals surface area (Å²) in [6.45, 7) is 0. The average Bonchev–Trinajstić information content (AvgIpc) is 2.68. The molecule has 0 unspecified atom stereocenters. The van der Waals surface area contributed by atoms with Crippen molar-refractivity contribution in [3.63, 3.8) is 0 Å². The zero-order chi connectivity index (χ0) is 17.7. The molecule has 2 N–H and O–H groups in total. The highest BCUT2D eigenvalue weighted by Gasteiger charge is 2.29. The van der Waals surface area contributed by atoms with Crippen LogP contribution >= 0.6 is 0 Å². The van der Waals surface area contributed by atoms with Gasteiger partial charge in [0.25, 0.3) is 0 Å². The minimum Gasteiger partial charge on any atom is -0.376 e. The van der Waals surface area contributed by atoms with Crippen molar-refractivity contribution in [2.45, 2.75) is 11.7 Å². The molecular formula is C22H17FO2. The van der Waals surface area contributed by atoms with E-state index in [9.17, 15) is 14.6 Å². The lowest BCUT2D eigenvalue weighted by atomic mass is 9.86. The van der Waals surface area contributed by atoms with Crippen molar-refractivity contribution in [2.75, 3.05) is 0 Å². The second-order valence-corrected chi connectivity index (χ2v) is 5.67. The summed E-state index contributed by atoms with van der Waals surface area (Å²) in [5.74, 6) is 5.11. The molecule has 124 valence electrons. The number of hydrogen-bond donors (Lipinski definition) is 2. The summed E-state index contributed by atoms with van der Waals surface area (Å²) in [6, 6.07) is 23.6. The standard InChI is InChI=1S/C22H17FO2/c23-20-13-11-17(12-14-20)21(24)15-16-22(25,18-7-3-1-4-8-18)19-9-5-2-6-10-19/h1-14,21,24-25H/t21-/m1/s1. The van der Waals surface area contributed by atoms with Crippen molar-refractivity contribution in [3.8, 4) is 11.8 Å². The first-order valence-corrected chi connectivity index (χ1v) is 7.89. The van der Waals surface area contributed by atoms with Gasteiger partial charge in [-0.25, -0.2) is 4.39 Å². The Labute approximate surface area is 146 Å². The lowest BCUT2D eigenvalue weighted by Gasteiger charge is -2.23. The van der Waals surface area contributed by atoms with Gasteiger partial charge in [0.05, 0.1) is 0 Å². The first kappa shape index (κ1) is 16.9. The molecule has 0 spiro atoms. The lowest BCUT2D eigenvalue weighted by molar-refractivity contribution is 0.144. The summed E-state index contributed by atoms with van der Waals surface area (Å²) in [7, 11) is 0. The molecule has 0 aliphatic heterocycles. The fourth-order valence-electron chi connectivity index (χ4n) is 2.57. The number of aliphatic hydroxyl groups is 2.